The number of methoxy groups -OCH3 is 1. The first-order chi connectivity index (χ1) is 23.6. The first kappa shape index (κ1) is 33.8. The summed E-state index contributed by atoms with van der Waals surface area (Å²) in [6.45, 7) is 7.97. The molecule has 3 aliphatic heterocycles. The summed E-state index contributed by atoms with van der Waals surface area (Å²) in [5, 5.41) is 0. The Balaban J connectivity index is 1.06. The summed E-state index contributed by atoms with van der Waals surface area (Å²) in [4.78, 5) is 23.4. The summed E-state index contributed by atoms with van der Waals surface area (Å²) in [7, 11) is -2.41. The van der Waals surface area contributed by atoms with Gasteiger partial charge in [0.15, 0.2) is 0 Å². The number of rotatable bonds is 10. The van der Waals surface area contributed by atoms with Gasteiger partial charge in [0.05, 0.1) is 18.1 Å². The molecule has 0 spiro atoms. The molecule has 3 aliphatic rings. The van der Waals surface area contributed by atoms with Crippen LogP contribution >= 0.6 is 0 Å². The van der Waals surface area contributed by atoms with E-state index in [4.69, 9.17) is 9.72 Å². The van der Waals surface area contributed by atoms with Crippen LogP contribution in [0.2, 0.25) is 0 Å². The minimum Gasteiger partial charge on any atom is -0.495 e. The number of carbonyl (C=O) groups is 1. The SMILES string of the molecule is COc1ccc(C(=O)N2CCC(CCN3C4CCC3CC(n3c(C)nc5ccccc53)C4)(c3ccccc3)CC2)cc1S(=O)(=O)NC(C)C. The van der Waals surface area contributed by atoms with Crippen molar-refractivity contribution in [2.75, 3.05) is 26.7 Å². The summed E-state index contributed by atoms with van der Waals surface area (Å²) in [5.41, 5.74) is 4.02. The molecule has 1 aromatic heterocycles. The number of carbonyl (C=O) groups excluding carboxylic acids is 1. The van der Waals surface area contributed by atoms with Gasteiger partial charge < -0.3 is 14.2 Å². The largest absolute Gasteiger partial charge is 0.495 e. The number of ether oxygens (including phenoxy) is 1. The molecule has 7 rings (SSSR count). The Morgan fingerprint density at radius 1 is 0.959 bits per heavy atom. The second kappa shape index (κ2) is 13.5. The van der Waals surface area contributed by atoms with Gasteiger partial charge >= 0.3 is 0 Å². The molecule has 3 aromatic carbocycles. The second-order valence-corrected chi connectivity index (χ2v) is 16.3. The summed E-state index contributed by atoms with van der Waals surface area (Å²) in [6, 6.07) is 25.4. The normalized spacial score (nSPS) is 22.6. The number of benzene rings is 3. The van der Waals surface area contributed by atoms with Crippen LogP contribution in [0.4, 0.5) is 0 Å². The molecule has 4 aromatic rings. The minimum absolute atomic E-state index is 0.0139. The van der Waals surface area contributed by atoms with Gasteiger partial charge in [0.2, 0.25) is 10.0 Å². The highest BCUT2D eigenvalue weighted by atomic mass is 32.2. The average molecular weight is 684 g/mol. The smallest absolute Gasteiger partial charge is 0.253 e. The third-order valence-corrected chi connectivity index (χ3v) is 13.0. The van der Waals surface area contributed by atoms with Crippen LogP contribution in [-0.4, -0.2) is 78.5 Å². The average Bonchev–Trinajstić information content (AvgIpc) is 3.56. The van der Waals surface area contributed by atoms with Gasteiger partial charge in [-0.25, -0.2) is 18.1 Å². The lowest BCUT2D eigenvalue weighted by Gasteiger charge is -2.45. The summed E-state index contributed by atoms with van der Waals surface area (Å²) < 4.78 is 36.7. The maximum absolute atomic E-state index is 13.8. The Hall–Kier alpha value is -3.73. The number of imidazole rings is 1. The number of nitrogens with one attached hydrogen (secondary N) is 1. The predicted molar refractivity (Wildman–Crippen MR) is 193 cm³/mol. The van der Waals surface area contributed by atoms with E-state index in [1.807, 2.05) is 4.90 Å². The molecule has 0 radical (unpaired) electrons. The molecule has 0 saturated carbocycles. The molecule has 4 heterocycles. The number of likely N-dealkylation sites (tertiary alicyclic amines) is 1. The van der Waals surface area contributed by atoms with Crippen molar-refractivity contribution in [3.63, 3.8) is 0 Å². The third kappa shape index (κ3) is 6.51. The lowest BCUT2D eigenvalue weighted by molar-refractivity contribution is 0.0606. The number of hydrogen-bond donors (Lipinski definition) is 1. The number of piperidine rings is 2. The van der Waals surface area contributed by atoms with Crippen molar-refractivity contribution in [2.45, 2.75) is 100 Å². The molecule has 49 heavy (non-hydrogen) atoms. The molecule has 10 heteroatoms. The van der Waals surface area contributed by atoms with Crippen molar-refractivity contribution in [1.29, 1.82) is 0 Å². The zero-order valence-corrected chi connectivity index (χ0v) is 30.0. The minimum atomic E-state index is -3.85. The lowest BCUT2D eigenvalue weighted by atomic mass is 9.70. The second-order valence-electron chi connectivity index (χ2n) is 14.6. The fraction of sp³-hybridized carbons (Fsp3) is 0.487. The van der Waals surface area contributed by atoms with Crippen molar-refractivity contribution in [3.8, 4) is 5.75 Å². The molecule has 2 atom stereocenters. The van der Waals surface area contributed by atoms with Crippen LogP contribution in [0, 0.1) is 6.92 Å². The van der Waals surface area contributed by atoms with Crippen molar-refractivity contribution < 1.29 is 17.9 Å². The standard InChI is InChI=1S/C39H49N5O4S/c1-27(2)41-49(46,47)37-24-29(14-17-36(37)48-4)38(45)42-21-18-39(19-22-42,30-10-6-5-7-11-30)20-23-43-31-15-16-32(43)26-33(25-31)44-28(3)40-34-12-8-9-13-35(34)44/h5-14,17,24,27,31-33,41H,15-16,18-23,25-26H2,1-4H3. The van der Waals surface area contributed by atoms with Crippen molar-refractivity contribution in [1.82, 2.24) is 24.1 Å². The molecule has 1 N–H and O–H groups in total. The Kier molecular flexibility index (Phi) is 9.32. The van der Waals surface area contributed by atoms with Crippen LogP contribution in [0.5, 0.6) is 5.75 Å². The fourth-order valence-corrected chi connectivity index (χ4v) is 10.4. The number of amides is 1. The molecular formula is C39H49N5O4S. The maximum Gasteiger partial charge on any atom is 0.253 e. The topological polar surface area (TPSA) is 96.8 Å². The predicted octanol–water partition coefficient (Wildman–Crippen LogP) is 6.47. The van der Waals surface area contributed by atoms with E-state index in [9.17, 15) is 13.2 Å². The Bertz CT molecular complexity index is 1900. The van der Waals surface area contributed by atoms with Gasteiger partial charge in [-0.15, -0.1) is 0 Å². The number of nitrogens with zero attached hydrogens (tertiary/aromatic N) is 4. The molecule has 3 fully saturated rings. The summed E-state index contributed by atoms with van der Waals surface area (Å²) in [6.07, 6.45) is 7.60. The number of hydrogen-bond acceptors (Lipinski definition) is 6. The quantitative estimate of drug-likeness (QED) is 0.206. The number of fused-ring (bicyclic) bond motifs is 3. The monoisotopic (exact) mass is 683 g/mol. The van der Waals surface area contributed by atoms with E-state index in [0.717, 1.165) is 50.0 Å². The Morgan fingerprint density at radius 3 is 2.31 bits per heavy atom. The molecule has 9 nitrogen and oxygen atoms in total. The zero-order valence-electron chi connectivity index (χ0n) is 29.1. The number of sulfonamides is 1. The van der Waals surface area contributed by atoms with Gasteiger partial charge in [-0.1, -0.05) is 42.5 Å². The maximum atomic E-state index is 13.8. The van der Waals surface area contributed by atoms with Crippen LogP contribution in [-0.2, 0) is 15.4 Å². The summed E-state index contributed by atoms with van der Waals surface area (Å²) >= 11 is 0. The van der Waals surface area contributed by atoms with E-state index in [1.54, 1.807) is 26.0 Å². The van der Waals surface area contributed by atoms with Gasteiger partial charge in [0.1, 0.15) is 16.5 Å². The highest BCUT2D eigenvalue weighted by Crippen LogP contribution is 2.45. The van der Waals surface area contributed by atoms with Gasteiger partial charge in [-0.2, -0.15) is 0 Å². The zero-order chi connectivity index (χ0) is 34.3. The van der Waals surface area contributed by atoms with E-state index >= 15 is 0 Å². The first-order valence-corrected chi connectivity index (χ1v) is 19.3. The third-order valence-electron chi connectivity index (χ3n) is 11.3. The van der Waals surface area contributed by atoms with E-state index in [-0.39, 0.29) is 28.0 Å². The van der Waals surface area contributed by atoms with E-state index in [0.29, 0.717) is 36.8 Å². The molecule has 2 bridgehead atoms. The van der Waals surface area contributed by atoms with Crippen LogP contribution in [0.25, 0.3) is 11.0 Å². The Morgan fingerprint density at radius 2 is 1.63 bits per heavy atom. The van der Waals surface area contributed by atoms with Crippen LogP contribution in [0.1, 0.15) is 86.6 Å². The van der Waals surface area contributed by atoms with E-state index in [2.05, 4.69) is 75.7 Å². The van der Waals surface area contributed by atoms with Crippen LogP contribution in [0.3, 0.4) is 0 Å². The van der Waals surface area contributed by atoms with E-state index < -0.39 is 10.0 Å². The number of para-hydroxylation sites is 2. The highest BCUT2D eigenvalue weighted by molar-refractivity contribution is 7.89. The molecule has 260 valence electrons. The van der Waals surface area contributed by atoms with Crippen LogP contribution in [0.15, 0.2) is 77.7 Å². The van der Waals surface area contributed by atoms with E-state index in [1.165, 1.54) is 37.1 Å². The molecule has 2 unspecified atom stereocenters. The molecule has 0 aliphatic carbocycles. The summed E-state index contributed by atoms with van der Waals surface area (Å²) in [5.74, 6) is 1.19. The van der Waals surface area contributed by atoms with Crippen molar-refractivity contribution in [2.24, 2.45) is 0 Å². The lowest BCUT2D eigenvalue weighted by Crippen LogP contribution is -2.49. The molecule has 1 amide bonds. The number of aromatic nitrogens is 2. The Labute approximate surface area is 290 Å². The van der Waals surface area contributed by atoms with Gasteiger partial charge in [-0.3, -0.25) is 9.69 Å². The molecule has 3 saturated heterocycles. The van der Waals surface area contributed by atoms with Crippen molar-refractivity contribution in [3.05, 3.63) is 89.7 Å². The highest BCUT2D eigenvalue weighted by Gasteiger charge is 2.44. The first-order valence-electron chi connectivity index (χ1n) is 17.8. The van der Waals surface area contributed by atoms with Gasteiger partial charge in [0.25, 0.3) is 5.91 Å². The number of aryl methyl sites for hydroxylation is 1. The van der Waals surface area contributed by atoms with Gasteiger partial charge in [0, 0.05) is 42.8 Å². The van der Waals surface area contributed by atoms with Crippen LogP contribution < -0.4 is 9.46 Å². The fourth-order valence-electron chi connectivity index (χ4n) is 8.98. The molecular weight excluding hydrogens is 635 g/mol. The van der Waals surface area contributed by atoms with Crippen molar-refractivity contribution >= 4 is 27.0 Å². The van der Waals surface area contributed by atoms with Gasteiger partial charge in [-0.05, 0) is 114 Å².